The molecule has 2 aromatic heterocycles. The van der Waals surface area contributed by atoms with Gasteiger partial charge < -0.3 is 15.0 Å². The molecule has 1 aliphatic rings. The number of halogens is 2. The van der Waals surface area contributed by atoms with Crippen LogP contribution in [0.15, 0.2) is 67.1 Å². The van der Waals surface area contributed by atoms with Crippen LogP contribution < -0.4 is 10.1 Å². The minimum atomic E-state index is -0.680. The number of methoxy groups -OCH3 is 1. The summed E-state index contributed by atoms with van der Waals surface area (Å²) in [5.74, 6) is -1.23. The van der Waals surface area contributed by atoms with Crippen LogP contribution in [-0.2, 0) is 0 Å². The van der Waals surface area contributed by atoms with Crippen LogP contribution >= 0.6 is 0 Å². The van der Waals surface area contributed by atoms with Crippen LogP contribution in [0.5, 0.6) is 5.88 Å². The molecule has 2 amide bonds. The van der Waals surface area contributed by atoms with Crippen molar-refractivity contribution in [2.24, 2.45) is 0 Å². The van der Waals surface area contributed by atoms with Gasteiger partial charge in [-0.2, -0.15) is 5.10 Å². The first-order valence-electron chi connectivity index (χ1n) is 12.5. The van der Waals surface area contributed by atoms with E-state index in [2.05, 4.69) is 15.4 Å². The van der Waals surface area contributed by atoms with Crippen molar-refractivity contribution in [3.05, 3.63) is 95.4 Å². The van der Waals surface area contributed by atoms with Crippen LogP contribution in [0, 0.1) is 18.6 Å². The number of likely N-dealkylation sites (tertiary alicyclic amines) is 1. The molecule has 10 heteroatoms. The Kier molecular flexibility index (Phi) is 7.36. The fraction of sp³-hybridized carbons (Fsp3) is 0.241. The third-order valence-corrected chi connectivity index (χ3v) is 6.85. The van der Waals surface area contributed by atoms with Crippen molar-refractivity contribution in [2.75, 3.05) is 25.5 Å². The molecule has 0 bridgehead atoms. The average molecular weight is 532 g/mol. The molecule has 2 aromatic carbocycles. The van der Waals surface area contributed by atoms with Crippen molar-refractivity contribution in [2.45, 2.75) is 25.8 Å². The lowest BCUT2D eigenvalue weighted by atomic mass is 10.0. The smallest absolute Gasteiger partial charge is 0.258 e. The van der Waals surface area contributed by atoms with Crippen molar-refractivity contribution < 1.29 is 23.1 Å². The minimum Gasteiger partial charge on any atom is -0.481 e. The number of benzene rings is 2. The summed E-state index contributed by atoms with van der Waals surface area (Å²) in [6.07, 6.45) is 6.15. The number of piperidine rings is 1. The van der Waals surface area contributed by atoms with Gasteiger partial charge in [0, 0.05) is 31.0 Å². The van der Waals surface area contributed by atoms with E-state index in [9.17, 15) is 18.4 Å². The number of carbonyl (C=O) groups excluding carboxylic acids is 2. The summed E-state index contributed by atoms with van der Waals surface area (Å²) in [6, 6.07) is 11.8. The predicted molar refractivity (Wildman–Crippen MR) is 142 cm³/mol. The van der Waals surface area contributed by atoms with E-state index in [1.165, 1.54) is 36.7 Å². The first-order valence-corrected chi connectivity index (χ1v) is 12.5. The SMILES string of the molecule is COc1ncc(C(=O)N2CCC(n3cc(NC(=O)c4ccc(-c5ccc(F)cc5)cc4F)cn3)CC2)cc1C. The lowest BCUT2D eigenvalue weighted by Crippen LogP contribution is -2.39. The van der Waals surface area contributed by atoms with Crippen molar-refractivity contribution >= 4 is 17.5 Å². The molecule has 5 rings (SSSR count). The van der Waals surface area contributed by atoms with Crippen LogP contribution in [0.1, 0.15) is 45.2 Å². The molecule has 200 valence electrons. The van der Waals surface area contributed by atoms with Crippen LogP contribution in [-0.4, -0.2) is 51.7 Å². The Morgan fingerprint density at radius 3 is 2.38 bits per heavy atom. The highest BCUT2D eigenvalue weighted by atomic mass is 19.1. The minimum absolute atomic E-state index is 0.0576. The summed E-state index contributed by atoms with van der Waals surface area (Å²) >= 11 is 0. The van der Waals surface area contributed by atoms with Gasteiger partial charge in [0.05, 0.1) is 36.2 Å². The number of rotatable bonds is 6. The third-order valence-electron chi connectivity index (χ3n) is 6.85. The summed E-state index contributed by atoms with van der Waals surface area (Å²) in [5, 5.41) is 7.07. The lowest BCUT2D eigenvalue weighted by Gasteiger charge is -2.32. The monoisotopic (exact) mass is 531 g/mol. The van der Waals surface area contributed by atoms with E-state index in [1.807, 2.05) is 6.92 Å². The number of amides is 2. The number of nitrogens with one attached hydrogen (secondary N) is 1. The number of hydrogen-bond acceptors (Lipinski definition) is 5. The lowest BCUT2D eigenvalue weighted by molar-refractivity contribution is 0.0689. The molecule has 0 saturated carbocycles. The highest BCUT2D eigenvalue weighted by molar-refractivity contribution is 6.04. The maximum Gasteiger partial charge on any atom is 0.258 e. The number of carbonyl (C=O) groups is 2. The van der Waals surface area contributed by atoms with Crippen molar-refractivity contribution in [3.8, 4) is 17.0 Å². The molecule has 39 heavy (non-hydrogen) atoms. The van der Waals surface area contributed by atoms with Gasteiger partial charge in [-0.15, -0.1) is 0 Å². The van der Waals surface area contributed by atoms with Gasteiger partial charge in [0.1, 0.15) is 11.6 Å². The zero-order valence-electron chi connectivity index (χ0n) is 21.5. The average Bonchev–Trinajstić information content (AvgIpc) is 3.41. The maximum atomic E-state index is 14.8. The first kappa shape index (κ1) is 26.0. The number of pyridine rings is 1. The largest absolute Gasteiger partial charge is 0.481 e. The van der Waals surface area contributed by atoms with Crippen molar-refractivity contribution in [3.63, 3.8) is 0 Å². The zero-order valence-corrected chi connectivity index (χ0v) is 21.5. The topological polar surface area (TPSA) is 89.4 Å². The Morgan fingerprint density at radius 1 is 1.00 bits per heavy atom. The van der Waals surface area contributed by atoms with Gasteiger partial charge in [0.2, 0.25) is 5.88 Å². The summed E-state index contributed by atoms with van der Waals surface area (Å²) in [4.78, 5) is 31.7. The highest BCUT2D eigenvalue weighted by Crippen LogP contribution is 2.26. The molecule has 0 radical (unpaired) electrons. The Morgan fingerprint density at radius 2 is 1.72 bits per heavy atom. The fourth-order valence-electron chi connectivity index (χ4n) is 4.73. The molecular formula is C29H27F2N5O3. The summed E-state index contributed by atoms with van der Waals surface area (Å²) in [5.41, 5.74) is 2.85. The molecule has 0 unspecified atom stereocenters. The Labute approximate surface area is 224 Å². The van der Waals surface area contributed by atoms with Gasteiger partial charge in [0.15, 0.2) is 0 Å². The van der Waals surface area contributed by atoms with E-state index < -0.39 is 11.7 Å². The second kappa shape index (κ2) is 11.0. The van der Waals surface area contributed by atoms with Crippen molar-refractivity contribution in [1.82, 2.24) is 19.7 Å². The van der Waals surface area contributed by atoms with E-state index in [-0.39, 0.29) is 23.3 Å². The molecule has 4 aromatic rings. The maximum absolute atomic E-state index is 14.8. The molecule has 0 atom stereocenters. The normalized spacial score (nSPS) is 13.8. The number of aryl methyl sites for hydroxylation is 1. The van der Waals surface area contributed by atoms with Gasteiger partial charge in [-0.05, 0) is 61.2 Å². The summed E-state index contributed by atoms with van der Waals surface area (Å²) in [6.45, 7) is 2.96. The third kappa shape index (κ3) is 5.64. The van der Waals surface area contributed by atoms with E-state index >= 15 is 0 Å². The molecule has 3 heterocycles. The second-order valence-electron chi connectivity index (χ2n) is 9.44. The zero-order chi connectivity index (χ0) is 27.5. The van der Waals surface area contributed by atoms with Crippen LogP contribution in [0.2, 0.25) is 0 Å². The molecule has 1 saturated heterocycles. The molecular weight excluding hydrogens is 504 g/mol. The molecule has 8 nitrogen and oxygen atoms in total. The number of hydrogen-bond donors (Lipinski definition) is 1. The van der Waals surface area contributed by atoms with Gasteiger partial charge in [-0.25, -0.2) is 13.8 Å². The van der Waals surface area contributed by atoms with Gasteiger partial charge >= 0.3 is 0 Å². The number of aromatic nitrogens is 3. The number of nitrogens with zero attached hydrogens (tertiary/aromatic N) is 4. The molecule has 1 N–H and O–H groups in total. The predicted octanol–water partition coefficient (Wildman–Crippen LogP) is 5.27. The fourth-order valence-corrected chi connectivity index (χ4v) is 4.73. The van der Waals surface area contributed by atoms with Gasteiger partial charge in [0.25, 0.3) is 11.8 Å². The highest BCUT2D eigenvalue weighted by Gasteiger charge is 2.26. The van der Waals surface area contributed by atoms with Crippen LogP contribution in [0.4, 0.5) is 14.5 Å². The summed E-state index contributed by atoms with van der Waals surface area (Å²) < 4.78 is 34.9. The van der Waals surface area contributed by atoms with Gasteiger partial charge in [-0.3, -0.25) is 14.3 Å². The second-order valence-corrected chi connectivity index (χ2v) is 9.44. The molecule has 0 aliphatic carbocycles. The van der Waals surface area contributed by atoms with Crippen molar-refractivity contribution in [1.29, 1.82) is 0 Å². The Bertz CT molecular complexity index is 1510. The Hall–Kier alpha value is -4.60. The summed E-state index contributed by atoms with van der Waals surface area (Å²) in [7, 11) is 1.54. The van der Waals surface area contributed by atoms with Crippen LogP contribution in [0.25, 0.3) is 11.1 Å². The Balaban J connectivity index is 1.18. The quantitative estimate of drug-likeness (QED) is 0.366. The van der Waals surface area contributed by atoms with E-state index in [1.54, 1.807) is 47.2 Å². The first-order chi connectivity index (χ1) is 18.8. The van der Waals surface area contributed by atoms with Gasteiger partial charge in [-0.1, -0.05) is 18.2 Å². The van der Waals surface area contributed by atoms with E-state index in [4.69, 9.17) is 4.74 Å². The standard InChI is InChI=1S/C29H27F2N5O3/c1-18-13-21(15-32-28(18)39-2)29(38)35-11-9-24(10-12-35)36-17-23(16-33-36)34-27(37)25-8-5-20(14-26(25)31)19-3-6-22(30)7-4-19/h3-8,13-17,24H,9-12H2,1-2H3,(H,34,37). The van der Waals surface area contributed by atoms with E-state index in [0.717, 1.165) is 5.56 Å². The number of anilines is 1. The number of ether oxygens (including phenoxy) is 1. The van der Waals surface area contributed by atoms with Crippen LogP contribution in [0.3, 0.4) is 0 Å². The molecule has 0 spiro atoms. The molecule has 1 aliphatic heterocycles. The van der Waals surface area contributed by atoms with E-state index in [0.29, 0.717) is 54.2 Å². The molecule has 1 fully saturated rings.